The van der Waals surface area contributed by atoms with Crippen molar-refractivity contribution >= 4 is 29.9 Å². The molecule has 1 heterocycles. The molecule has 27 heavy (non-hydrogen) atoms. The number of nitrogens with one attached hydrogen (secondary N) is 1. The average molecular weight is 485 g/mol. The lowest BCUT2D eigenvalue weighted by molar-refractivity contribution is 0.0913. The second-order valence-corrected chi connectivity index (χ2v) is 8.19. The maximum Gasteiger partial charge on any atom is 0.193 e. The maximum atomic E-state index is 6.02. The first kappa shape index (κ1) is 22.5. The van der Waals surface area contributed by atoms with Crippen molar-refractivity contribution in [1.29, 1.82) is 0 Å². The van der Waals surface area contributed by atoms with Gasteiger partial charge in [-0.05, 0) is 36.7 Å². The second kappa shape index (κ2) is 11.2. The van der Waals surface area contributed by atoms with Gasteiger partial charge in [-0.1, -0.05) is 50.1 Å². The summed E-state index contributed by atoms with van der Waals surface area (Å²) in [7, 11) is 4.06. The molecule has 2 aliphatic rings. The molecule has 0 aromatic heterocycles. The molecule has 1 aliphatic carbocycles. The van der Waals surface area contributed by atoms with Gasteiger partial charge in [-0.25, -0.2) is 0 Å². The van der Waals surface area contributed by atoms with Gasteiger partial charge < -0.3 is 15.0 Å². The van der Waals surface area contributed by atoms with Crippen LogP contribution in [0.3, 0.4) is 0 Å². The summed E-state index contributed by atoms with van der Waals surface area (Å²) in [5, 5.41) is 3.61. The second-order valence-electron chi connectivity index (χ2n) is 8.19. The van der Waals surface area contributed by atoms with Gasteiger partial charge in [-0.3, -0.25) is 4.99 Å². The van der Waals surface area contributed by atoms with Gasteiger partial charge in [0.15, 0.2) is 5.96 Å². The van der Waals surface area contributed by atoms with Crippen molar-refractivity contribution < 1.29 is 4.74 Å². The molecule has 0 radical (unpaired) electrons. The predicted octanol–water partition coefficient (Wildman–Crippen LogP) is 4.72. The molecule has 1 saturated heterocycles. The largest absolute Gasteiger partial charge is 0.373 e. The number of rotatable bonds is 5. The van der Waals surface area contributed by atoms with E-state index < -0.39 is 0 Å². The van der Waals surface area contributed by atoms with E-state index in [1.165, 1.54) is 31.2 Å². The summed E-state index contributed by atoms with van der Waals surface area (Å²) in [5.41, 5.74) is 1.29. The third-order valence-corrected chi connectivity index (χ3v) is 6.11. The Labute approximate surface area is 182 Å². The maximum absolute atomic E-state index is 6.02. The molecule has 152 valence electrons. The van der Waals surface area contributed by atoms with Crippen LogP contribution < -0.4 is 5.32 Å². The van der Waals surface area contributed by atoms with Crippen molar-refractivity contribution in [1.82, 2.24) is 10.2 Å². The summed E-state index contributed by atoms with van der Waals surface area (Å²) in [4.78, 5) is 6.83. The number of guanidine groups is 1. The Hall–Kier alpha value is -0.820. The number of hydrogen-bond donors (Lipinski definition) is 1. The van der Waals surface area contributed by atoms with Crippen molar-refractivity contribution in [3.05, 3.63) is 35.9 Å². The minimum atomic E-state index is 0. The molecule has 0 amide bonds. The molecule has 1 aromatic carbocycles. The Morgan fingerprint density at radius 2 is 1.85 bits per heavy atom. The quantitative estimate of drug-likeness (QED) is 0.373. The van der Waals surface area contributed by atoms with E-state index in [-0.39, 0.29) is 30.1 Å². The molecule has 2 fully saturated rings. The van der Waals surface area contributed by atoms with Crippen LogP contribution in [0.25, 0.3) is 0 Å². The van der Waals surface area contributed by atoms with Gasteiger partial charge in [-0.15, -0.1) is 24.0 Å². The smallest absolute Gasteiger partial charge is 0.193 e. The standard InChI is InChI=1S/C22H35N3O.HI/c1-17-9-11-18(12-10-17)16-25(3)22(23-2)24-15-20-13-14-26-21(20)19-7-5-4-6-8-19;/h4-8,17-18,20-21H,9-16H2,1-3H3,(H,23,24);1H. The van der Waals surface area contributed by atoms with Gasteiger partial charge in [0, 0.05) is 39.7 Å². The zero-order valence-electron chi connectivity index (χ0n) is 17.1. The highest BCUT2D eigenvalue weighted by molar-refractivity contribution is 14.0. The molecule has 4 nitrogen and oxygen atoms in total. The molecule has 1 N–H and O–H groups in total. The summed E-state index contributed by atoms with van der Waals surface area (Å²) in [6.07, 6.45) is 6.77. The van der Waals surface area contributed by atoms with E-state index in [0.717, 1.165) is 43.9 Å². The number of halogens is 1. The van der Waals surface area contributed by atoms with Crippen LogP contribution >= 0.6 is 24.0 Å². The lowest BCUT2D eigenvalue weighted by Crippen LogP contribution is -2.43. The van der Waals surface area contributed by atoms with E-state index in [1.54, 1.807) is 0 Å². The van der Waals surface area contributed by atoms with E-state index in [0.29, 0.717) is 5.92 Å². The Morgan fingerprint density at radius 3 is 2.52 bits per heavy atom. The number of nitrogens with zero attached hydrogens (tertiary/aromatic N) is 2. The van der Waals surface area contributed by atoms with Crippen molar-refractivity contribution in [3.8, 4) is 0 Å². The van der Waals surface area contributed by atoms with E-state index in [1.807, 2.05) is 7.05 Å². The summed E-state index contributed by atoms with van der Waals surface area (Å²) < 4.78 is 6.02. The highest BCUT2D eigenvalue weighted by Gasteiger charge is 2.30. The van der Waals surface area contributed by atoms with Gasteiger partial charge in [-0.2, -0.15) is 0 Å². The van der Waals surface area contributed by atoms with Crippen LogP contribution in [0.5, 0.6) is 0 Å². The Bertz CT molecular complexity index is 572. The van der Waals surface area contributed by atoms with Crippen LogP contribution in [0.4, 0.5) is 0 Å². The van der Waals surface area contributed by atoms with E-state index in [2.05, 4.69) is 59.5 Å². The third kappa shape index (κ3) is 6.34. The van der Waals surface area contributed by atoms with Gasteiger partial charge in [0.1, 0.15) is 0 Å². The SMILES string of the molecule is CN=C(NCC1CCOC1c1ccccc1)N(C)CC1CCC(C)CC1.I. The fraction of sp³-hybridized carbons (Fsp3) is 0.682. The number of benzene rings is 1. The zero-order valence-corrected chi connectivity index (χ0v) is 19.4. The molecule has 2 atom stereocenters. The molecule has 1 saturated carbocycles. The van der Waals surface area contributed by atoms with Gasteiger partial charge in [0.2, 0.25) is 0 Å². The van der Waals surface area contributed by atoms with E-state index >= 15 is 0 Å². The molecule has 3 rings (SSSR count). The highest BCUT2D eigenvalue weighted by Crippen LogP contribution is 2.34. The highest BCUT2D eigenvalue weighted by atomic mass is 127. The molecule has 5 heteroatoms. The lowest BCUT2D eigenvalue weighted by atomic mass is 9.83. The number of ether oxygens (including phenoxy) is 1. The van der Waals surface area contributed by atoms with Crippen LogP contribution in [-0.2, 0) is 4.74 Å². The Kier molecular flexibility index (Phi) is 9.36. The van der Waals surface area contributed by atoms with Gasteiger partial charge in [0.25, 0.3) is 0 Å². The van der Waals surface area contributed by atoms with Crippen LogP contribution in [0.1, 0.15) is 50.7 Å². The Balaban J connectivity index is 0.00000261. The third-order valence-electron chi connectivity index (χ3n) is 6.11. The van der Waals surface area contributed by atoms with Crippen LogP contribution in [-0.4, -0.2) is 44.7 Å². The monoisotopic (exact) mass is 485 g/mol. The zero-order chi connectivity index (χ0) is 18.4. The van der Waals surface area contributed by atoms with Crippen LogP contribution in [0.15, 0.2) is 35.3 Å². The minimum Gasteiger partial charge on any atom is -0.373 e. The number of hydrogen-bond acceptors (Lipinski definition) is 2. The first-order valence-electron chi connectivity index (χ1n) is 10.3. The van der Waals surface area contributed by atoms with Crippen molar-refractivity contribution in [2.45, 2.75) is 45.1 Å². The molecule has 0 bridgehead atoms. The predicted molar refractivity (Wildman–Crippen MR) is 124 cm³/mol. The molecule has 0 spiro atoms. The van der Waals surface area contributed by atoms with Gasteiger partial charge in [0.05, 0.1) is 6.10 Å². The van der Waals surface area contributed by atoms with Gasteiger partial charge >= 0.3 is 0 Å². The Morgan fingerprint density at radius 1 is 1.15 bits per heavy atom. The fourth-order valence-electron chi connectivity index (χ4n) is 4.45. The summed E-state index contributed by atoms with van der Waals surface area (Å²) in [6, 6.07) is 10.6. The molecular weight excluding hydrogens is 449 g/mol. The van der Waals surface area contributed by atoms with Crippen molar-refractivity contribution in [2.24, 2.45) is 22.7 Å². The summed E-state index contributed by atoms with van der Waals surface area (Å²) in [6.45, 7) is 5.25. The molecular formula is C22H36IN3O. The fourth-order valence-corrected chi connectivity index (χ4v) is 4.45. The van der Waals surface area contributed by atoms with Crippen LogP contribution in [0, 0.1) is 17.8 Å². The van der Waals surface area contributed by atoms with E-state index in [4.69, 9.17) is 4.74 Å². The minimum absolute atomic E-state index is 0. The van der Waals surface area contributed by atoms with E-state index in [9.17, 15) is 0 Å². The molecule has 2 unspecified atom stereocenters. The first-order valence-corrected chi connectivity index (χ1v) is 10.3. The number of aliphatic imine (C=N–C) groups is 1. The normalized spacial score (nSPS) is 28.5. The lowest BCUT2D eigenvalue weighted by Gasteiger charge is -2.32. The van der Waals surface area contributed by atoms with Crippen molar-refractivity contribution in [2.75, 3.05) is 33.8 Å². The topological polar surface area (TPSA) is 36.9 Å². The van der Waals surface area contributed by atoms with Crippen molar-refractivity contribution in [3.63, 3.8) is 0 Å². The first-order chi connectivity index (χ1) is 12.7. The van der Waals surface area contributed by atoms with Crippen LogP contribution in [0.2, 0.25) is 0 Å². The molecule has 1 aromatic rings. The summed E-state index contributed by atoms with van der Waals surface area (Å²) >= 11 is 0. The average Bonchev–Trinajstić information content (AvgIpc) is 3.13. The molecule has 1 aliphatic heterocycles. The summed E-state index contributed by atoms with van der Waals surface area (Å²) in [5.74, 6) is 3.23.